The molecule has 0 radical (unpaired) electrons. The van der Waals surface area contributed by atoms with Gasteiger partial charge in [0.1, 0.15) is 0 Å². The van der Waals surface area contributed by atoms with Gasteiger partial charge in [-0.1, -0.05) is 19.9 Å². The van der Waals surface area contributed by atoms with Gasteiger partial charge in [0, 0.05) is 5.56 Å². The summed E-state index contributed by atoms with van der Waals surface area (Å²) >= 11 is 0. The highest BCUT2D eigenvalue weighted by Gasteiger charge is 2.31. The SMILES string of the molecule is CCC(CC)(CC(=O)O)NC(=O)c1ccc(C)c(C)c1. The third-order valence-corrected chi connectivity index (χ3v) is 3.99. The maximum absolute atomic E-state index is 12.3. The van der Waals surface area contributed by atoms with Crippen molar-refractivity contribution in [1.29, 1.82) is 0 Å². The molecule has 0 atom stereocenters. The van der Waals surface area contributed by atoms with Crippen LogP contribution in [0.1, 0.15) is 54.6 Å². The molecule has 1 rings (SSSR count). The summed E-state index contributed by atoms with van der Waals surface area (Å²) in [6.07, 6.45) is 1.12. The molecule has 0 aliphatic heterocycles. The monoisotopic (exact) mass is 277 g/mol. The summed E-state index contributed by atoms with van der Waals surface area (Å²) in [5.41, 5.74) is 2.07. The van der Waals surface area contributed by atoms with Crippen LogP contribution in [0.15, 0.2) is 18.2 Å². The Morgan fingerprint density at radius 1 is 1.15 bits per heavy atom. The van der Waals surface area contributed by atoms with Crippen molar-refractivity contribution in [2.24, 2.45) is 0 Å². The van der Waals surface area contributed by atoms with Crippen molar-refractivity contribution < 1.29 is 14.7 Å². The Labute approximate surface area is 120 Å². The van der Waals surface area contributed by atoms with Crippen molar-refractivity contribution in [3.8, 4) is 0 Å². The molecule has 1 aromatic carbocycles. The molecule has 0 unspecified atom stereocenters. The van der Waals surface area contributed by atoms with Crippen LogP contribution in [-0.4, -0.2) is 22.5 Å². The molecule has 0 heterocycles. The summed E-state index contributed by atoms with van der Waals surface area (Å²) in [6, 6.07) is 5.51. The number of carbonyl (C=O) groups excluding carboxylic acids is 1. The number of carbonyl (C=O) groups is 2. The molecule has 1 aromatic rings. The number of rotatable bonds is 6. The fraction of sp³-hybridized carbons (Fsp3) is 0.500. The molecule has 0 spiro atoms. The maximum atomic E-state index is 12.3. The predicted molar refractivity (Wildman–Crippen MR) is 78.9 cm³/mol. The third kappa shape index (κ3) is 3.83. The fourth-order valence-corrected chi connectivity index (χ4v) is 2.21. The highest BCUT2D eigenvalue weighted by Crippen LogP contribution is 2.21. The van der Waals surface area contributed by atoms with E-state index in [9.17, 15) is 9.59 Å². The van der Waals surface area contributed by atoms with Gasteiger partial charge in [-0.25, -0.2) is 0 Å². The number of amides is 1. The van der Waals surface area contributed by atoms with Gasteiger partial charge in [-0.3, -0.25) is 9.59 Å². The Bertz CT molecular complexity index is 504. The van der Waals surface area contributed by atoms with Crippen LogP contribution in [0.25, 0.3) is 0 Å². The highest BCUT2D eigenvalue weighted by molar-refractivity contribution is 5.95. The van der Waals surface area contributed by atoms with Gasteiger partial charge in [-0.2, -0.15) is 0 Å². The number of hydrogen-bond donors (Lipinski definition) is 2. The van der Waals surface area contributed by atoms with Crippen molar-refractivity contribution in [1.82, 2.24) is 5.32 Å². The third-order valence-electron chi connectivity index (χ3n) is 3.99. The van der Waals surface area contributed by atoms with E-state index in [0.717, 1.165) is 11.1 Å². The first-order valence-corrected chi connectivity index (χ1v) is 6.95. The second-order valence-corrected chi connectivity index (χ2v) is 5.31. The Kier molecular flexibility index (Phi) is 5.31. The van der Waals surface area contributed by atoms with Gasteiger partial charge in [-0.05, 0) is 49.9 Å². The van der Waals surface area contributed by atoms with Crippen molar-refractivity contribution in [2.75, 3.05) is 0 Å². The lowest BCUT2D eigenvalue weighted by Crippen LogP contribution is -2.49. The zero-order chi connectivity index (χ0) is 15.3. The molecule has 20 heavy (non-hydrogen) atoms. The first-order valence-electron chi connectivity index (χ1n) is 6.95. The number of hydrogen-bond acceptors (Lipinski definition) is 2. The minimum Gasteiger partial charge on any atom is -0.481 e. The van der Waals surface area contributed by atoms with Gasteiger partial charge < -0.3 is 10.4 Å². The quantitative estimate of drug-likeness (QED) is 0.839. The largest absolute Gasteiger partial charge is 0.481 e. The standard InChI is InChI=1S/C16H23NO3/c1-5-16(6-2,10-14(18)19)17-15(20)13-8-7-11(3)12(4)9-13/h7-9H,5-6,10H2,1-4H3,(H,17,20)(H,18,19). The van der Waals surface area contributed by atoms with Gasteiger partial charge in [0.25, 0.3) is 5.91 Å². The van der Waals surface area contributed by atoms with Crippen LogP contribution in [-0.2, 0) is 4.79 Å². The molecule has 0 aromatic heterocycles. The Morgan fingerprint density at radius 2 is 1.75 bits per heavy atom. The summed E-state index contributed by atoms with van der Waals surface area (Å²) in [4.78, 5) is 23.3. The molecule has 0 saturated heterocycles. The zero-order valence-electron chi connectivity index (χ0n) is 12.6. The van der Waals surface area contributed by atoms with Gasteiger partial charge in [0.15, 0.2) is 0 Å². The summed E-state index contributed by atoms with van der Waals surface area (Å²) in [5, 5.41) is 11.9. The van der Waals surface area contributed by atoms with E-state index in [2.05, 4.69) is 5.32 Å². The average Bonchev–Trinajstić information content (AvgIpc) is 2.40. The van der Waals surface area contributed by atoms with Crippen LogP contribution in [0.2, 0.25) is 0 Å². The lowest BCUT2D eigenvalue weighted by Gasteiger charge is -2.31. The first kappa shape index (κ1) is 16.2. The fourth-order valence-electron chi connectivity index (χ4n) is 2.21. The maximum Gasteiger partial charge on any atom is 0.305 e. The second-order valence-electron chi connectivity index (χ2n) is 5.31. The van der Waals surface area contributed by atoms with Crippen LogP contribution < -0.4 is 5.32 Å². The number of aryl methyl sites for hydroxylation is 2. The van der Waals surface area contributed by atoms with Crippen molar-refractivity contribution in [3.05, 3.63) is 34.9 Å². The van der Waals surface area contributed by atoms with Crippen LogP contribution in [0.4, 0.5) is 0 Å². The molecule has 0 aliphatic carbocycles. The van der Waals surface area contributed by atoms with Crippen LogP contribution in [0.3, 0.4) is 0 Å². The van der Waals surface area contributed by atoms with Gasteiger partial charge in [-0.15, -0.1) is 0 Å². The lowest BCUT2D eigenvalue weighted by molar-refractivity contribution is -0.138. The van der Waals surface area contributed by atoms with Crippen LogP contribution in [0, 0.1) is 13.8 Å². The Morgan fingerprint density at radius 3 is 2.20 bits per heavy atom. The molecule has 110 valence electrons. The molecule has 0 saturated carbocycles. The van der Waals surface area contributed by atoms with E-state index >= 15 is 0 Å². The second kappa shape index (κ2) is 6.55. The average molecular weight is 277 g/mol. The van der Waals surface area contributed by atoms with E-state index in [0.29, 0.717) is 18.4 Å². The van der Waals surface area contributed by atoms with E-state index < -0.39 is 11.5 Å². The molecule has 4 nitrogen and oxygen atoms in total. The van der Waals surface area contributed by atoms with E-state index in [4.69, 9.17) is 5.11 Å². The van der Waals surface area contributed by atoms with E-state index in [1.807, 2.05) is 39.8 Å². The van der Waals surface area contributed by atoms with Crippen LogP contribution >= 0.6 is 0 Å². The van der Waals surface area contributed by atoms with Gasteiger partial charge in [0.05, 0.1) is 12.0 Å². The lowest BCUT2D eigenvalue weighted by atomic mass is 9.88. The summed E-state index contributed by atoms with van der Waals surface area (Å²) in [6.45, 7) is 7.74. The number of carboxylic acid groups (broad SMARTS) is 1. The Balaban J connectivity index is 2.95. The molecule has 4 heteroatoms. The summed E-state index contributed by atoms with van der Waals surface area (Å²) < 4.78 is 0. The molecule has 0 fully saturated rings. The minimum absolute atomic E-state index is 0.0589. The van der Waals surface area contributed by atoms with Gasteiger partial charge >= 0.3 is 5.97 Å². The number of aliphatic carboxylic acids is 1. The molecule has 0 bridgehead atoms. The predicted octanol–water partition coefficient (Wildman–Crippen LogP) is 3.07. The van der Waals surface area contributed by atoms with E-state index in [1.165, 1.54) is 0 Å². The Hall–Kier alpha value is -1.84. The molecular formula is C16H23NO3. The number of carboxylic acids is 1. The number of nitrogens with one attached hydrogen (secondary N) is 1. The van der Waals surface area contributed by atoms with Crippen LogP contribution in [0.5, 0.6) is 0 Å². The first-order chi connectivity index (χ1) is 9.33. The number of benzene rings is 1. The van der Waals surface area contributed by atoms with Crippen molar-refractivity contribution >= 4 is 11.9 Å². The van der Waals surface area contributed by atoms with E-state index in [1.54, 1.807) is 6.07 Å². The molecule has 0 aliphatic rings. The van der Waals surface area contributed by atoms with Crippen molar-refractivity contribution in [2.45, 2.75) is 52.5 Å². The molecular weight excluding hydrogens is 254 g/mol. The zero-order valence-corrected chi connectivity index (χ0v) is 12.6. The topological polar surface area (TPSA) is 66.4 Å². The molecule has 1 amide bonds. The molecule has 2 N–H and O–H groups in total. The smallest absolute Gasteiger partial charge is 0.305 e. The van der Waals surface area contributed by atoms with Crippen molar-refractivity contribution in [3.63, 3.8) is 0 Å². The normalized spacial score (nSPS) is 11.2. The highest BCUT2D eigenvalue weighted by atomic mass is 16.4. The summed E-state index contributed by atoms with van der Waals surface area (Å²) in [5.74, 6) is -1.10. The summed E-state index contributed by atoms with van der Waals surface area (Å²) in [7, 11) is 0. The van der Waals surface area contributed by atoms with E-state index in [-0.39, 0.29) is 12.3 Å². The van der Waals surface area contributed by atoms with Gasteiger partial charge in [0.2, 0.25) is 0 Å². The minimum atomic E-state index is -0.894.